The van der Waals surface area contributed by atoms with Crippen LogP contribution in [0, 0.1) is 0 Å². The number of rotatable bonds is 3. The van der Waals surface area contributed by atoms with Crippen molar-refractivity contribution in [2.75, 3.05) is 11.6 Å². The van der Waals surface area contributed by atoms with E-state index in [-0.39, 0.29) is 0 Å². The van der Waals surface area contributed by atoms with Crippen LogP contribution in [0.3, 0.4) is 0 Å². The number of aromatic nitrogens is 3. The highest BCUT2D eigenvalue weighted by Gasteiger charge is 2.25. The van der Waals surface area contributed by atoms with Crippen molar-refractivity contribution in [1.82, 2.24) is 14.6 Å². The molecule has 2 aromatic rings. The Labute approximate surface area is 125 Å². The number of hydrogen-bond donors (Lipinski definition) is 1. The minimum Gasteiger partial charge on any atom is -0.349 e. The van der Waals surface area contributed by atoms with Crippen molar-refractivity contribution in [1.29, 1.82) is 0 Å². The molecule has 0 radical (unpaired) electrons. The second-order valence-corrected chi connectivity index (χ2v) is 6.80. The van der Waals surface area contributed by atoms with Gasteiger partial charge < -0.3 is 5.32 Å². The first-order valence-corrected chi connectivity index (χ1v) is 8.66. The highest BCUT2D eigenvalue weighted by molar-refractivity contribution is 9.10. The maximum atomic E-state index is 4.56. The molecule has 3 rings (SSSR count). The van der Waals surface area contributed by atoms with E-state index in [4.69, 9.17) is 0 Å². The molecule has 2 atom stereocenters. The lowest BCUT2D eigenvalue weighted by molar-refractivity contribution is 0.473. The minimum atomic E-state index is 0.486. The molecule has 0 bridgehead atoms. The SMILES string of the molecule is CSC1CCCCC1Nc1nc2c(Br)cccn2n1. The predicted molar refractivity (Wildman–Crippen MR) is 83.9 cm³/mol. The van der Waals surface area contributed by atoms with Gasteiger partial charge in [0.15, 0.2) is 5.65 Å². The first-order chi connectivity index (χ1) is 9.28. The first-order valence-electron chi connectivity index (χ1n) is 6.58. The summed E-state index contributed by atoms with van der Waals surface area (Å²) in [4.78, 5) is 4.56. The quantitative estimate of drug-likeness (QED) is 0.927. The molecule has 1 aliphatic carbocycles. The van der Waals surface area contributed by atoms with E-state index >= 15 is 0 Å². The van der Waals surface area contributed by atoms with E-state index in [9.17, 15) is 0 Å². The summed E-state index contributed by atoms with van der Waals surface area (Å²) in [6.07, 6.45) is 9.25. The Morgan fingerprint density at radius 3 is 3.05 bits per heavy atom. The normalized spacial score (nSPS) is 23.7. The van der Waals surface area contributed by atoms with E-state index in [1.807, 2.05) is 34.6 Å². The Kier molecular flexibility index (Phi) is 3.98. The molecule has 2 heterocycles. The van der Waals surface area contributed by atoms with Gasteiger partial charge in [-0.2, -0.15) is 16.7 Å². The average molecular weight is 341 g/mol. The van der Waals surface area contributed by atoms with Crippen LogP contribution in [-0.2, 0) is 0 Å². The molecule has 1 aliphatic rings. The monoisotopic (exact) mass is 340 g/mol. The van der Waals surface area contributed by atoms with Gasteiger partial charge in [0.05, 0.1) is 4.47 Å². The van der Waals surface area contributed by atoms with Crippen LogP contribution in [0.1, 0.15) is 25.7 Å². The van der Waals surface area contributed by atoms with Crippen molar-refractivity contribution in [3.05, 3.63) is 22.8 Å². The highest BCUT2D eigenvalue weighted by atomic mass is 79.9. The standard InChI is InChI=1S/C13H17BrN4S/c1-19-11-7-3-2-6-10(11)15-13-16-12-9(14)5-4-8-18(12)17-13/h4-5,8,10-11H,2-3,6-7H2,1H3,(H,15,17). The van der Waals surface area contributed by atoms with Crippen molar-refractivity contribution in [3.63, 3.8) is 0 Å². The number of nitrogens with zero attached hydrogens (tertiary/aromatic N) is 3. The molecule has 0 amide bonds. The van der Waals surface area contributed by atoms with Gasteiger partial charge in [0.2, 0.25) is 5.95 Å². The molecular weight excluding hydrogens is 324 g/mol. The summed E-state index contributed by atoms with van der Waals surface area (Å²) in [5.41, 5.74) is 0.863. The van der Waals surface area contributed by atoms with Crippen LogP contribution in [0.5, 0.6) is 0 Å². The van der Waals surface area contributed by atoms with Gasteiger partial charge in [-0.05, 0) is 47.2 Å². The minimum absolute atomic E-state index is 0.486. The number of fused-ring (bicyclic) bond motifs is 1. The molecule has 1 saturated carbocycles. The zero-order valence-corrected chi connectivity index (χ0v) is 13.2. The van der Waals surface area contributed by atoms with Crippen LogP contribution in [-0.4, -0.2) is 32.1 Å². The molecule has 102 valence electrons. The molecular formula is C13H17BrN4S. The lowest BCUT2D eigenvalue weighted by atomic mass is 9.95. The maximum Gasteiger partial charge on any atom is 0.243 e. The number of halogens is 1. The van der Waals surface area contributed by atoms with Gasteiger partial charge in [0.1, 0.15) is 0 Å². The molecule has 1 fully saturated rings. The zero-order chi connectivity index (χ0) is 13.2. The second-order valence-electron chi connectivity index (χ2n) is 4.87. The summed E-state index contributed by atoms with van der Waals surface area (Å²) in [6, 6.07) is 4.43. The topological polar surface area (TPSA) is 42.2 Å². The Hall–Kier alpha value is -0.750. The van der Waals surface area contributed by atoms with Gasteiger partial charge in [-0.25, -0.2) is 4.52 Å². The van der Waals surface area contributed by atoms with Gasteiger partial charge in [-0.15, -0.1) is 5.10 Å². The summed E-state index contributed by atoms with van der Waals surface area (Å²) in [7, 11) is 0. The summed E-state index contributed by atoms with van der Waals surface area (Å²) in [5.74, 6) is 0.734. The molecule has 1 N–H and O–H groups in total. The molecule has 0 saturated heterocycles. The smallest absolute Gasteiger partial charge is 0.243 e. The van der Waals surface area contributed by atoms with Crippen LogP contribution in [0.25, 0.3) is 5.65 Å². The Bertz CT molecular complexity index is 571. The number of hydrogen-bond acceptors (Lipinski definition) is 4. The van der Waals surface area contributed by atoms with Gasteiger partial charge in [-0.3, -0.25) is 0 Å². The lowest BCUT2D eigenvalue weighted by Crippen LogP contribution is -2.34. The molecule has 0 spiro atoms. The Morgan fingerprint density at radius 1 is 1.42 bits per heavy atom. The average Bonchev–Trinajstić information content (AvgIpc) is 2.83. The summed E-state index contributed by atoms with van der Waals surface area (Å²) in [6.45, 7) is 0. The molecule has 2 aromatic heterocycles. The van der Waals surface area contributed by atoms with Crippen molar-refractivity contribution in [2.24, 2.45) is 0 Å². The van der Waals surface area contributed by atoms with Crippen LogP contribution >= 0.6 is 27.7 Å². The predicted octanol–water partition coefficient (Wildman–Crippen LogP) is 3.58. The third-order valence-electron chi connectivity index (χ3n) is 3.63. The zero-order valence-electron chi connectivity index (χ0n) is 10.8. The second kappa shape index (κ2) is 5.71. The Balaban J connectivity index is 1.82. The van der Waals surface area contributed by atoms with E-state index in [1.54, 1.807) is 0 Å². The highest BCUT2D eigenvalue weighted by Crippen LogP contribution is 2.29. The third-order valence-corrected chi connectivity index (χ3v) is 5.42. The van der Waals surface area contributed by atoms with Crippen LogP contribution in [0.4, 0.5) is 5.95 Å². The van der Waals surface area contributed by atoms with Crippen LogP contribution in [0.2, 0.25) is 0 Å². The van der Waals surface area contributed by atoms with Gasteiger partial charge in [0, 0.05) is 17.5 Å². The van der Waals surface area contributed by atoms with Crippen molar-refractivity contribution >= 4 is 39.3 Å². The fraction of sp³-hybridized carbons (Fsp3) is 0.538. The van der Waals surface area contributed by atoms with E-state index < -0.39 is 0 Å². The number of nitrogens with one attached hydrogen (secondary N) is 1. The van der Waals surface area contributed by atoms with E-state index in [2.05, 4.69) is 37.6 Å². The van der Waals surface area contributed by atoms with Crippen molar-refractivity contribution in [2.45, 2.75) is 37.0 Å². The van der Waals surface area contributed by atoms with Gasteiger partial charge in [-0.1, -0.05) is 12.8 Å². The number of anilines is 1. The van der Waals surface area contributed by atoms with Crippen molar-refractivity contribution < 1.29 is 0 Å². The van der Waals surface area contributed by atoms with E-state index in [0.29, 0.717) is 11.3 Å². The van der Waals surface area contributed by atoms with Crippen molar-refractivity contribution in [3.8, 4) is 0 Å². The van der Waals surface area contributed by atoms with E-state index in [1.165, 1.54) is 25.7 Å². The summed E-state index contributed by atoms with van der Waals surface area (Å²) in [5, 5.41) is 8.68. The number of thioether (sulfide) groups is 1. The Morgan fingerprint density at radius 2 is 2.26 bits per heavy atom. The summed E-state index contributed by atoms with van der Waals surface area (Å²) < 4.78 is 2.78. The largest absolute Gasteiger partial charge is 0.349 e. The third kappa shape index (κ3) is 2.74. The molecule has 19 heavy (non-hydrogen) atoms. The first kappa shape index (κ1) is 13.2. The molecule has 2 unspecified atom stereocenters. The van der Waals surface area contributed by atoms with Gasteiger partial charge in [0.25, 0.3) is 0 Å². The maximum absolute atomic E-state index is 4.56. The fourth-order valence-corrected chi connectivity index (χ4v) is 4.00. The van der Waals surface area contributed by atoms with Gasteiger partial charge >= 0.3 is 0 Å². The van der Waals surface area contributed by atoms with Crippen LogP contribution in [0.15, 0.2) is 22.8 Å². The summed E-state index contributed by atoms with van der Waals surface area (Å²) >= 11 is 5.45. The van der Waals surface area contributed by atoms with E-state index in [0.717, 1.165) is 16.1 Å². The fourth-order valence-electron chi connectivity index (χ4n) is 2.64. The van der Waals surface area contributed by atoms with Crippen LogP contribution < -0.4 is 5.32 Å². The lowest BCUT2D eigenvalue weighted by Gasteiger charge is -2.30. The molecule has 0 aromatic carbocycles. The number of pyridine rings is 1. The molecule has 0 aliphatic heterocycles. The molecule has 4 nitrogen and oxygen atoms in total. The molecule has 6 heteroatoms.